The van der Waals surface area contributed by atoms with Crippen LogP contribution in [-0.4, -0.2) is 82.2 Å². The molecule has 0 saturated carbocycles. The van der Waals surface area contributed by atoms with Crippen molar-refractivity contribution in [3.05, 3.63) is 64.8 Å². The van der Waals surface area contributed by atoms with Gasteiger partial charge in [-0.25, -0.2) is 9.37 Å². The number of likely N-dealkylation sites (N-methyl/N-ethyl adjacent to an activating group) is 1. The Hall–Kier alpha value is -3.60. The molecule has 192 valence electrons. The van der Waals surface area contributed by atoms with Gasteiger partial charge < -0.3 is 20.5 Å². The van der Waals surface area contributed by atoms with Crippen LogP contribution in [0.3, 0.4) is 0 Å². The van der Waals surface area contributed by atoms with Crippen molar-refractivity contribution in [3.8, 4) is 11.3 Å². The number of fused-ring (bicyclic) bond motifs is 1. The number of aromatic amines is 1. The van der Waals surface area contributed by atoms with Crippen LogP contribution in [0.15, 0.2) is 42.6 Å². The van der Waals surface area contributed by atoms with Crippen LogP contribution in [0.5, 0.6) is 0 Å². The molecule has 3 aromatic heterocycles. The third kappa shape index (κ3) is 5.71. The Kier molecular flexibility index (Phi) is 7.31. The largest absolute Gasteiger partial charge is 0.353 e. The van der Waals surface area contributed by atoms with Gasteiger partial charge in [0.25, 0.3) is 5.91 Å². The molecular weight excluding hydrogens is 495 g/mol. The molecule has 1 aromatic carbocycles. The molecule has 1 fully saturated rings. The minimum absolute atomic E-state index is 0.182. The van der Waals surface area contributed by atoms with Crippen molar-refractivity contribution in [2.45, 2.75) is 6.92 Å². The molecular formula is C26H28ClFN8O. The van der Waals surface area contributed by atoms with Crippen molar-refractivity contribution < 1.29 is 9.18 Å². The summed E-state index contributed by atoms with van der Waals surface area (Å²) in [7, 11) is 2.12. The maximum Gasteiger partial charge on any atom is 0.267 e. The molecule has 11 heteroatoms. The number of nitrogens with one attached hydrogen (secondary N) is 3. The average Bonchev–Trinajstić information content (AvgIpc) is 3.34. The molecule has 0 unspecified atom stereocenters. The number of carbonyl (C=O) groups excluding carboxylic acids is 1. The lowest BCUT2D eigenvalue weighted by Gasteiger charge is -2.32. The molecule has 3 N–H and O–H groups in total. The van der Waals surface area contributed by atoms with Crippen LogP contribution in [0.2, 0.25) is 5.02 Å². The lowest BCUT2D eigenvalue weighted by molar-refractivity contribution is 0.0937. The second-order valence-electron chi connectivity index (χ2n) is 9.18. The van der Waals surface area contributed by atoms with Crippen LogP contribution in [0.4, 0.5) is 15.8 Å². The van der Waals surface area contributed by atoms with E-state index in [1.54, 1.807) is 18.3 Å². The summed E-state index contributed by atoms with van der Waals surface area (Å²) in [5.74, 6) is -0.618. The summed E-state index contributed by atoms with van der Waals surface area (Å²) >= 11 is 6.06. The highest BCUT2D eigenvalue weighted by Crippen LogP contribution is 2.30. The molecule has 1 aliphatic heterocycles. The first kappa shape index (κ1) is 25.1. The summed E-state index contributed by atoms with van der Waals surface area (Å²) in [6.07, 6.45) is 1.65. The van der Waals surface area contributed by atoms with E-state index in [1.165, 1.54) is 18.2 Å². The van der Waals surface area contributed by atoms with Gasteiger partial charge in [0.2, 0.25) is 0 Å². The van der Waals surface area contributed by atoms with Crippen molar-refractivity contribution in [2.75, 3.05) is 51.6 Å². The monoisotopic (exact) mass is 522 g/mol. The number of benzene rings is 1. The maximum atomic E-state index is 14.4. The van der Waals surface area contributed by atoms with Crippen molar-refractivity contribution >= 4 is 39.9 Å². The van der Waals surface area contributed by atoms with E-state index in [-0.39, 0.29) is 11.5 Å². The summed E-state index contributed by atoms with van der Waals surface area (Å²) in [5.41, 5.74) is 3.64. The lowest BCUT2D eigenvalue weighted by Crippen LogP contribution is -2.46. The second-order valence-corrected chi connectivity index (χ2v) is 9.62. The quantitative estimate of drug-likeness (QED) is 0.339. The van der Waals surface area contributed by atoms with E-state index in [0.29, 0.717) is 40.0 Å². The van der Waals surface area contributed by atoms with Gasteiger partial charge in [0, 0.05) is 61.4 Å². The van der Waals surface area contributed by atoms with Crippen molar-refractivity contribution in [3.63, 3.8) is 0 Å². The number of carbonyl (C=O) groups is 1. The predicted molar refractivity (Wildman–Crippen MR) is 143 cm³/mol. The van der Waals surface area contributed by atoms with Gasteiger partial charge in [-0.15, -0.1) is 0 Å². The van der Waals surface area contributed by atoms with Crippen LogP contribution >= 0.6 is 11.6 Å². The molecule has 0 aliphatic carbocycles. The lowest BCUT2D eigenvalue weighted by atomic mass is 10.1. The highest BCUT2D eigenvalue weighted by molar-refractivity contribution is 6.30. The fourth-order valence-corrected chi connectivity index (χ4v) is 4.47. The number of hydrogen-bond donors (Lipinski definition) is 3. The smallest absolute Gasteiger partial charge is 0.267 e. The fourth-order valence-electron chi connectivity index (χ4n) is 4.30. The van der Waals surface area contributed by atoms with Crippen LogP contribution in [0.25, 0.3) is 22.3 Å². The number of anilines is 2. The number of H-pyrrole nitrogens is 1. The number of halogens is 2. The molecule has 37 heavy (non-hydrogen) atoms. The molecule has 1 saturated heterocycles. The van der Waals surface area contributed by atoms with E-state index in [1.807, 2.05) is 13.0 Å². The van der Waals surface area contributed by atoms with E-state index in [2.05, 4.69) is 47.6 Å². The van der Waals surface area contributed by atoms with Gasteiger partial charge in [0.05, 0.1) is 22.8 Å². The highest BCUT2D eigenvalue weighted by atomic mass is 35.5. The van der Waals surface area contributed by atoms with Crippen LogP contribution < -0.4 is 10.6 Å². The van der Waals surface area contributed by atoms with Gasteiger partial charge in [0.1, 0.15) is 17.2 Å². The summed E-state index contributed by atoms with van der Waals surface area (Å²) in [5, 5.41) is 15.8. The fraction of sp³-hybridized carbons (Fsp3) is 0.308. The molecule has 4 heterocycles. The predicted octanol–water partition coefficient (Wildman–Crippen LogP) is 3.84. The van der Waals surface area contributed by atoms with Gasteiger partial charge in [-0.2, -0.15) is 10.2 Å². The Morgan fingerprint density at radius 2 is 1.92 bits per heavy atom. The van der Waals surface area contributed by atoms with Gasteiger partial charge in [-0.1, -0.05) is 11.6 Å². The number of piperazine rings is 1. The van der Waals surface area contributed by atoms with E-state index in [4.69, 9.17) is 11.6 Å². The first-order chi connectivity index (χ1) is 17.9. The number of aromatic nitrogens is 4. The van der Waals surface area contributed by atoms with Crippen molar-refractivity contribution in [1.82, 2.24) is 35.3 Å². The Morgan fingerprint density at radius 3 is 2.73 bits per heavy atom. The summed E-state index contributed by atoms with van der Waals surface area (Å²) in [4.78, 5) is 24.9. The average molecular weight is 523 g/mol. The first-order valence-corrected chi connectivity index (χ1v) is 12.5. The molecule has 0 spiro atoms. The van der Waals surface area contributed by atoms with E-state index >= 15 is 0 Å². The van der Waals surface area contributed by atoms with E-state index in [0.717, 1.165) is 43.8 Å². The topological polar surface area (TPSA) is 102 Å². The van der Waals surface area contributed by atoms with Gasteiger partial charge >= 0.3 is 0 Å². The zero-order valence-corrected chi connectivity index (χ0v) is 21.4. The first-order valence-electron chi connectivity index (χ1n) is 12.1. The van der Waals surface area contributed by atoms with Crippen LogP contribution in [0, 0.1) is 12.7 Å². The Morgan fingerprint density at radius 1 is 1.11 bits per heavy atom. The maximum absolute atomic E-state index is 14.4. The Balaban J connectivity index is 1.32. The number of amides is 1. The molecule has 0 bridgehead atoms. The number of aryl methyl sites for hydroxylation is 1. The van der Waals surface area contributed by atoms with Gasteiger partial charge in [0.15, 0.2) is 0 Å². The Labute approximate surface area is 219 Å². The molecule has 5 rings (SSSR count). The van der Waals surface area contributed by atoms with E-state index < -0.39 is 5.82 Å². The standard InChI is InChI=1S/C26H28ClFN8O/c1-16-22(15-23(34-33-16)18-13-17(27)3-4-20(18)28)31-21-5-6-29-25-19(21)14-24(32-25)26(37)30-7-8-36-11-9-35(2)10-12-36/h3-6,13-15H,7-12H2,1-2H3,(H,30,37)(H2,29,31,32,34). The number of rotatable bonds is 7. The molecule has 1 amide bonds. The third-order valence-corrected chi connectivity index (χ3v) is 6.77. The SMILES string of the molecule is Cc1nnc(-c2cc(Cl)ccc2F)cc1Nc1ccnc2[nH]c(C(=O)NCCN3CCN(C)CC3)cc12. The normalized spacial score (nSPS) is 14.7. The van der Waals surface area contributed by atoms with Gasteiger partial charge in [-0.05, 0) is 50.4 Å². The van der Waals surface area contributed by atoms with Crippen molar-refractivity contribution in [1.29, 1.82) is 0 Å². The van der Waals surface area contributed by atoms with Gasteiger partial charge in [-0.3, -0.25) is 9.69 Å². The molecule has 0 radical (unpaired) electrons. The molecule has 0 atom stereocenters. The van der Waals surface area contributed by atoms with E-state index in [9.17, 15) is 9.18 Å². The molecule has 4 aromatic rings. The summed E-state index contributed by atoms with van der Waals surface area (Å²) < 4.78 is 14.4. The highest BCUT2D eigenvalue weighted by Gasteiger charge is 2.17. The summed E-state index contributed by atoms with van der Waals surface area (Å²) in [6.45, 7) is 7.29. The summed E-state index contributed by atoms with van der Waals surface area (Å²) in [6, 6.07) is 9.62. The zero-order chi connectivity index (χ0) is 25.9. The Bertz CT molecular complexity index is 1430. The molecule has 9 nitrogen and oxygen atoms in total. The molecule has 1 aliphatic rings. The third-order valence-electron chi connectivity index (χ3n) is 6.54. The second kappa shape index (κ2) is 10.8. The van der Waals surface area contributed by atoms with Crippen LogP contribution in [-0.2, 0) is 0 Å². The zero-order valence-electron chi connectivity index (χ0n) is 20.7. The van der Waals surface area contributed by atoms with Crippen molar-refractivity contribution in [2.24, 2.45) is 0 Å². The number of hydrogen-bond acceptors (Lipinski definition) is 7. The minimum Gasteiger partial charge on any atom is -0.353 e. The van der Waals surface area contributed by atoms with Crippen LogP contribution in [0.1, 0.15) is 16.2 Å². The number of pyridine rings is 1. The minimum atomic E-state index is -0.436. The number of nitrogens with zero attached hydrogens (tertiary/aromatic N) is 5.